The molecule has 1 fully saturated rings. The van der Waals surface area contributed by atoms with E-state index in [4.69, 9.17) is 5.26 Å². The molecular weight excluding hydrogens is 332 g/mol. The summed E-state index contributed by atoms with van der Waals surface area (Å²) in [4.78, 5) is 33.1. The van der Waals surface area contributed by atoms with Gasteiger partial charge in [0.1, 0.15) is 28.6 Å². The van der Waals surface area contributed by atoms with Crippen molar-refractivity contribution in [2.45, 2.75) is 12.5 Å². The fourth-order valence-electron chi connectivity index (χ4n) is 2.19. The summed E-state index contributed by atoms with van der Waals surface area (Å²) in [5, 5.41) is 20.8. The Morgan fingerprint density at radius 1 is 1.58 bits per heavy atom. The number of nitriles is 1. The van der Waals surface area contributed by atoms with Gasteiger partial charge in [-0.05, 0) is 0 Å². The zero-order valence-corrected chi connectivity index (χ0v) is 13.4. The number of esters is 1. The van der Waals surface area contributed by atoms with Crippen LogP contribution in [0.15, 0.2) is 17.6 Å². The molecule has 2 aromatic rings. The van der Waals surface area contributed by atoms with Gasteiger partial charge >= 0.3 is 5.97 Å². The average Bonchev–Trinajstić information content (AvgIpc) is 3.27. The monoisotopic (exact) mass is 344 g/mol. The summed E-state index contributed by atoms with van der Waals surface area (Å²) in [6.45, 7) is 0.362. The van der Waals surface area contributed by atoms with Gasteiger partial charge in [-0.25, -0.2) is 14.8 Å². The minimum atomic E-state index is -0.496. The highest BCUT2D eigenvalue weighted by molar-refractivity contribution is 7.13. The maximum atomic E-state index is 12.1. The second-order valence-electron chi connectivity index (χ2n) is 5.11. The number of methoxy groups -OCH3 is 1. The van der Waals surface area contributed by atoms with E-state index >= 15 is 0 Å². The molecule has 3 heterocycles. The third-order valence-electron chi connectivity index (χ3n) is 3.49. The molecule has 0 spiro atoms. The summed E-state index contributed by atoms with van der Waals surface area (Å²) < 4.78 is 4.59. The second-order valence-corrected chi connectivity index (χ2v) is 5.97. The largest absolute Gasteiger partial charge is 0.506 e. The predicted molar refractivity (Wildman–Crippen MR) is 82.9 cm³/mol. The Kier molecular flexibility index (Phi) is 4.14. The summed E-state index contributed by atoms with van der Waals surface area (Å²) in [5.74, 6) is -0.772. The fraction of sp³-hybridized carbons (Fsp3) is 0.267. The summed E-state index contributed by atoms with van der Waals surface area (Å²) in [5.41, 5.74) is 1.04. The first-order valence-electron chi connectivity index (χ1n) is 6.94. The molecule has 0 radical (unpaired) electrons. The third-order valence-corrected chi connectivity index (χ3v) is 4.39. The van der Waals surface area contributed by atoms with Crippen molar-refractivity contribution >= 4 is 23.2 Å². The zero-order chi connectivity index (χ0) is 17.3. The minimum absolute atomic E-state index is 0.0566. The topological polar surface area (TPSA) is 116 Å². The minimum Gasteiger partial charge on any atom is -0.506 e. The van der Waals surface area contributed by atoms with Crippen molar-refractivity contribution in [1.29, 1.82) is 5.26 Å². The number of hydrogen-bond acceptors (Lipinski definition) is 8. The number of carbonyl (C=O) groups excluding carboxylic acids is 2. The quantitative estimate of drug-likeness (QED) is 0.641. The van der Waals surface area contributed by atoms with Gasteiger partial charge in [-0.15, -0.1) is 11.3 Å². The van der Waals surface area contributed by atoms with Crippen LogP contribution in [0.5, 0.6) is 5.75 Å². The third kappa shape index (κ3) is 3.04. The molecule has 122 valence electrons. The number of thiazole rings is 1. The highest BCUT2D eigenvalue weighted by Crippen LogP contribution is 2.30. The number of rotatable bonds is 4. The van der Waals surface area contributed by atoms with Crippen LogP contribution < -0.4 is 0 Å². The molecule has 3 rings (SSSR count). The Balaban J connectivity index is 1.70. The van der Waals surface area contributed by atoms with Crippen molar-refractivity contribution in [1.82, 2.24) is 14.9 Å². The SMILES string of the molecule is COC(=O)C1CN1C(=O)Cc1csc(-c2ncc(C#N)cc2O)n1. The lowest BCUT2D eigenvalue weighted by Gasteiger charge is -2.02. The molecule has 0 saturated carbocycles. The van der Waals surface area contributed by atoms with E-state index in [1.54, 1.807) is 5.38 Å². The van der Waals surface area contributed by atoms with Crippen LogP contribution in [0.25, 0.3) is 10.7 Å². The normalized spacial score (nSPS) is 15.7. The lowest BCUT2D eigenvalue weighted by molar-refractivity contribution is -0.142. The Morgan fingerprint density at radius 3 is 3.04 bits per heavy atom. The Labute approximate surface area is 141 Å². The molecule has 1 N–H and O–H groups in total. The maximum Gasteiger partial charge on any atom is 0.330 e. The summed E-state index contributed by atoms with van der Waals surface area (Å²) in [6.07, 6.45) is 1.40. The van der Waals surface area contributed by atoms with Crippen molar-refractivity contribution in [3.8, 4) is 22.5 Å². The standard InChI is InChI=1S/C15H12N4O4S/c1-23-15(22)10-6-19(10)12(21)3-9-7-24-14(18-9)13-11(20)2-8(4-16)5-17-13/h2,5,7,10,20H,3,6H2,1H3. The van der Waals surface area contributed by atoms with Crippen molar-refractivity contribution in [2.24, 2.45) is 0 Å². The van der Waals surface area contributed by atoms with Crippen LogP contribution in [0.2, 0.25) is 0 Å². The van der Waals surface area contributed by atoms with Gasteiger partial charge in [-0.2, -0.15) is 5.26 Å². The number of amides is 1. The van der Waals surface area contributed by atoms with Crippen LogP contribution in [0.3, 0.4) is 0 Å². The van der Waals surface area contributed by atoms with E-state index in [9.17, 15) is 14.7 Å². The van der Waals surface area contributed by atoms with Gasteiger partial charge in [0.25, 0.3) is 0 Å². The van der Waals surface area contributed by atoms with Gasteiger partial charge < -0.3 is 14.7 Å². The van der Waals surface area contributed by atoms with E-state index in [0.717, 1.165) is 0 Å². The molecule has 1 unspecified atom stereocenters. The van der Waals surface area contributed by atoms with E-state index in [1.807, 2.05) is 6.07 Å². The Bertz CT molecular complexity index is 857. The van der Waals surface area contributed by atoms with Crippen molar-refractivity contribution in [3.63, 3.8) is 0 Å². The Morgan fingerprint density at radius 2 is 2.38 bits per heavy atom. The molecule has 0 aliphatic carbocycles. The number of nitrogens with zero attached hydrogens (tertiary/aromatic N) is 4. The van der Waals surface area contributed by atoms with E-state index in [2.05, 4.69) is 14.7 Å². The molecule has 1 aliphatic heterocycles. The van der Waals surface area contributed by atoms with Gasteiger partial charge in [0.2, 0.25) is 5.91 Å². The fourth-order valence-corrected chi connectivity index (χ4v) is 3.01. The summed E-state index contributed by atoms with van der Waals surface area (Å²) >= 11 is 1.24. The first-order chi connectivity index (χ1) is 11.5. The highest BCUT2D eigenvalue weighted by atomic mass is 32.1. The lowest BCUT2D eigenvalue weighted by atomic mass is 10.2. The molecule has 0 bridgehead atoms. The second kappa shape index (κ2) is 6.25. The summed E-state index contributed by atoms with van der Waals surface area (Å²) in [7, 11) is 1.28. The maximum absolute atomic E-state index is 12.1. The van der Waals surface area contributed by atoms with Gasteiger partial charge in [-0.1, -0.05) is 0 Å². The highest BCUT2D eigenvalue weighted by Gasteiger charge is 2.44. The van der Waals surface area contributed by atoms with Crippen LogP contribution in [-0.4, -0.2) is 51.5 Å². The Hall–Kier alpha value is -2.99. The molecular formula is C15H12N4O4S. The predicted octanol–water partition coefficient (Wildman–Crippen LogP) is 0.709. The van der Waals surface area contributed by atoms with Crippen molar-refractivity contribution in [2.75, 3.05) is 13.7 Å². The van der Waals surface area contributed by atoms with E-state index in [-0.39, 0.29) is 29.3 Å². The first-order valence-corrected chi connectivity index (χ1v) is 7.82. The van der Waals surface area contributed by atoms with Crippen LogP contribution in [0.1, 0.15) is 11.3 Å². The molecule has 1 saturated heterocycles. The van der Waals surface area contributed by atoms with Gasteiger partial charge in [0.05, 0.1) is 31.3 Å². The van der Waals surface area contributed by atoms with Crippen molar-refractivity contribution < 1.29 is 19.4 Å². The molecule has 2 aromatic heterocycles. The molecule has 1 atom stereocenters. The van der Waals surface area contributed by atoms with Crippen LogP contribution in [0.4, 0.5) is 0 Å². The number of pyridine rings is 1. The van der Waals surface area contributed by atoms with Crippen molar-refractivity contribution in [3.05, 3.63) is 28.9 Å². The molecule has 1 aliphatic rings. The van der Waals surface area contributed by atoms with Gasteiger partial charge in [-0.3, -0.25) is 4.79 Å². The van der Waals surface area contributed by atoms with E-state index in [1.165, 1.54) is 35.6 Å². The number of aromatic hydroxyl groups is 1. The number of hydrogen-bond donors (Lipinski definition) is 1. The number of aromatic nitrogens is 2. The lowest BCUT2D eigenvalue weighted by Crippen LogP contribution is -2.21. The smallest absolute Gasteiger partial charge is 0.330 e. The first kappa shape index (κ1) is 15.9. The van der Waals surface area contributed by atoms with E-state index < -0.39 is 12.0 Å². The summed E-state index contributed by atoms with van der Waals surface area (Å²) in [6, 6.07) is 2.70. The van der Waals surface area contributed by atoms with Crippen LogP contribution in [0, 0.1) is 11.3 Å². The van der Waals surface area contributed by atoms with E-state index in [0.29, 0.717) is 17.2 Å². The van der Waals surface area contributed by atoms with Gasteiger partial charge in [0.15, 0.2) is 0 Å². The number of ether oxygens (including phenoxy) is 1. The molecule has 0 aromatic carbocycles. The van der Waals surface area contributed by atoms with Crippen LogP contribution in [-0.2, 0) is 20.7 Å². The molecule has 1 amide bonds. The zero-order valence-electron chi connectivity index (χ0n) is 12.6. The van der Waals surface area contributed by atoms with Crippen LogP contribution >= 0.6 is 11.3 Å². The molecule has 24 heavy (non-hydrogen) atoms. The number of carbonyl (C=O) groups is 2. The van der Waals surface area contributed by atoms with Gasteiger partial charge in [0, 0.05) is 17.6 Å². The molecule has 8 nitrogen and oxygen atoms in total. The average molecular weight is 344 g/mol. The molecule has 9 heteroatoms.